The van der Waals surface area contributed by atoms with Crippen molar-refractivity contribution in [3.05, 3.63) is 182 Å². The molecule has 256 valence electrons. The minimum absolute atomic E-state index is 0.202. The number of anilines is 1. The lowest BCUT2D eigenvalue weighted by Crippen LogP contribution is -2.35. The number of benzene rings is 7. The minimum atomic E-state index is 0.202. The van der Waals surface area contributed by atoms with Crippen molar-refractivity contribution in [3.63, 3.8) is 0 Å². The van der Waals surface area contributed by atoms with Gasteiger partial charge in [-0.25, -0.2) is 0 Å². The molecule has 3 heteroatoms. The number of hydrogen-bond acceptors (Lipinski definition) is 2. The van der Waals surface area contributed by atoms with Gasteiger partial charge in [0.25, 0.3) is 0 Å². The molecule has 0 amide bonds. The van der Waals surface area contributed by atoms with E-state index in [1.165, 1.54) is 66.1 Å². The van der Waals surface area contributed by atoms with E-state index >= 15 is 0 Å². The van der Waals surface area contributed by atoms with Gasteiger partial charge in [0.15, 0.2) is 0 Å². The normalized spacial score (nSPS) is 18.7. The van der Waals surface area contributed by atoms with E-state index in [2.05, 4.69) is 194 Å². The topological polar surface area (TPSA) is 30.1 Å². The number of para-hydroxylation sites is 3. The molecule has 0 saturated carbocycles. The smallest absolute Gasteiger partial charge is 0.135 e. The van der Waals surface area contributed by atoms with Crippen LogP contribution >= 0.6 is 0 Å². The number of nitrogens with one attached hydrogen (secondary N) is 1. The lowest BCUT2D eigenvalue weighted by molar-refractivity contribution is 0.324. The highest BCUT2D eigenvalue weighted by atomic mass is 16.3. The molecule has 1 aliphatic rings. The average molecular weight is 685 g/mol. The predicted octanol–water partition coefficient (Wildman–Crippen LogP) is 13.4. The highest BCUT2D eigenvalue weighted by Gasteiger charge is 2.32. The van der Waals surface area contributed by atoms with Crippen molar-refractivity contribution >= 4 is 49.4 Å². The summed E-state index contributed by atoms with van der Waals surface area (Å²) >= 11 is 0. The zero-order valence-corrected chi connectivity index (χ0v) is 29.9. The summed E-state index contributed by atoms with van der Waals surface area (Å²) in [6.45, 7) is 4.79. The van der Waals surface area contributed by atoms with Gasteiger partial charge in [0.05, 0.1) is 11.0 Å². The van der Waals surface area contributed by atoms with Crippen LogP contribution in [0.5, 0.6) is 0 Å². The summed E-state index contributed by atoms with van der Waals surface area (Å²) in [6.07, 6.45) is 4.82. The Hall–Kier alpha value is -6.32. The van der Waals surface area contributed by atoms with Gasteiger partial charge in [0.2, 0.25) is 0 Å². The van der Waals surface area contributed by atoms with Gasteiger partial charge in [0.1, 0.15) is 11.2 Å². The predicted molar refractivity (Wildman–Crippen MR) is 223 cm³/mol. The number of furan rings is 1. The molecule has 0 radical (unpaired) electrons. The summed E-state index contributed by atoms with van der Waals surface area (Å²) in [5, 5.41) is 8.90. The molecule has 0 saturated heterocycles. The van der Waals surface area contributed by atoms with Crippen LogP contribution in [0.3, 0.4) is 0 Å². The number of aromatic nitrogens is 1. The van der Waals surface area contributed by atoms with Gasteiger partial charge in [-0.1, -0.05) is 129 Å². The lowest BCUT2D eigenvalue weighted by Gasteiger charge is -2.37. The fourth-order valence-electron chi connectivity index (χ4n) is 8.68. The van der Waals surface area contributed by atoms with Crippen LogP contribution in [0.15, 0.2) is 180 Å². The fourth-order valence-corrected chi connectivity index (χ4v) is 8.68. The van der Waals surface area contributed by atoms with E-state index in [0.717, 1.165) is 16.9 Å². The maximum atomic E-state index is 6.13. The molecule has 10 rings (SSSR count). The first kappa shape index (κ1) is 31.4. The number of nitrogens with zero attached hydrogens (tertiary/aromatic N) is 1. The van der Waals surface area contributed by atoms with Crippen molar-refractivity contribution < 1.29 is 4.42 Å². The molecule has 53 heavy (non-hydrogen) atoms. The molecule has 2 heterocycles. The Morgan fingerprint density at radius 1 is 0.491 bits per heavy atom. The zero-order chi connectivity index (χ0) is 35.5. The SMILES string of the molecule is CC1C(Nc2ccc(-c3ccc4c(c3)c3ccccc3n4-c3ccccc3)cc2-c2ccccc2)C=CC(c2ccc3oc4ccccc4c3c2)C1C. The van der Waals surface area contributed by atoms with Crippen molar-refractivity contribution in [2.24, 2.45) is 11.8 Å². The first-order valence-electron chi connectivity index (χ1n) is 18.8. The lowest BCUT2D eigenvalue weighted by atomic mass is 9.72. The van der Waals surface area contributed by atoms with Crippen LogP contribution in [0.1, 0.15) is 25.3 Å². The van der Waals surface area contributed by atoms with E-state index in [1.54, 1.807) is 0 Å². The molecule has 1 N–H and O–H groups in total. The van der Waals surface area contributed by atoms with E-state index in [9.17, 15) is 0 Å². The number of hydrogen-bond donors (Lipinski definition) is 1. The third kappa shape index (κ3) is 5.35. The molecule has 7 aromatic carbocycles. The van der Waals surface area contributed by atoms with Crippen LogP contribution in [0.4, 0.5) is 5.69 Å². The first-order chi connectivity index (χ1) is 26.1. The van der Waals surface area contributed by atoms with Crippen molar-refractivity contribution in [2.45, 2.75) is 25.8 Å². The summed E-state index contributed by atoms with van der Waals surface area (Å²) in [6, 6.07) is 59.3. The van der Waals surface area contributed by atoms with Crippen LogP contribution in [0, 0.1) is 11.8 Å². The van der Waals surface area contributed by atoms with E-state index < -0.39 is 0 Å². The van der Waals surface area contributed by atoms with Crippen molar-refractivity contribution in [3.8, 4) is 27.9 Å². The molecule has 9 aromatic rings. The van der Waals surface area contributed by atoms with Crippen molar-refractivity contribution in [1.82, 2.24) is 4.57 Å². The Bertz CT molecular complexity index is 2810. The molecular formula is C50H40N2O. The highest BCUT2D eigenvalue weighted by molar-refractivity contribution is 6.10. The van der Waals surface area contributed by atoms with E-state index in [0.29, 0.717) is 17.8 Å². The monoisotopic (exact) mass is 684 g/mol. The van der Waals surface area contributed by atoms with Gasteiger partial charge in [-0.05, 0) is 94.8 Å². The molecular weight excluding hydrogens is 645 g/mol. The Labute approximate surface area is 309 Å². The van der Waals surface area contributed by atoms with Gasteiger partial charge < -0.3 is 14.3 Å². The van der Waals surface area contributed by atoms with Crippen LogP contribution in [-0.4, -0.2) is 10.6 Å². The summed E-state index contributed by atoms with van der Waals surface area (Å²) in [4.78, 5) is 0. The molecule has 4 atom stereocenters. The Kier molecular flexibility index (Phi) is 7.54. The molecule has 1 aliphatic carbocycles. The largest absolute Gasteiger partial charge is 0.456 e. The summed E-state index contributed by atoms with van der Waals surface area (Å²) in [7, 11) is 0. The van der Waals surface area contributed by atoms with Crippen LogP contribution in [0.25, 0.3) is 71.7 Å². The van der Waals surface area contributed by atoms with Crippen LogP contribution < -0.4 is 5.32 Å². The summed E-state index contributed by atoms with van der Waals surface area (Å²) in [5.74, 6) is 1.19. The molecule has 0 aliphatic heterocycles. The fraction of sp³-hybridized carbons (Fsp3) is 0.120. The number of allylic oxidation sites excluding steroid dienone is 1. The van der Waals surface area contributed by atoms with Crippen molar-refractivity contribution in [1.29, 1.82) is 0 Å². The van der Waals surface area contributed by atoms with Gasteiger partial charge in [-0.3, -0.25) is 0 Å². The Balaban J connectivity index is 1.00. The van der Waals surface area contributed by atoms with Gasteiger partial charge in [-0.2, -0.15) is 0 Å². The van der Waals surface area contributed by atoms with E-state index in [-0.39, 0.29) is 6.04 Å². The second-order valence-electron chi connectivity index (χ2n) is 14.7. The third-order valence-electron chi connectivity index (χ3n) is 11.7. The third-order valence-corrected chi connectivity index (χ3v) is 11.7. The molecule has 0 fully saturated rings. The number of fused-ring (bicyclic) bond motifs is 6. The maximum Gasteiger partial charge on any atom is 0.135 e. The summed E-state index contributed by atoms with van der Waals surface area (Å²) in [5.41, 5.74) is 12.8. The molecule has 0 spiro atoms. The van der Waals surface area contributed by atoms with Gasteiger partial charge in [-0.15, -0.1) is 0 Å². The number of rotatable bonds is 6. The molecule has 3 nitrogen and oxygen atoms in total. The Morgan fingerprint density at radius 2 is 1.17 bits per heavy atom. The van der Waals surface area contributed by atoms with E-state index in [4.69, 9.17) is 4.42 Å². The Morgan fingerprint density at radius 3 is 2.02 bits per heavy atom. The highest BCUT2D eigenvalue weighted by Crippen LogP contribution is 2.42. The minimum Gasteiger partial charge on any atom is -0.456 e. The van der Waals surface area contributed by atoms with Crippen molar-refractivity contribution in [2.75, 3.05) is 5.32 Å². The first-order valence-corrected chi connectivity index (χ1v) is 18.8. The maximum absolute atomic E-state index is 6.13. The van der Waals surface area contributed by atoms with E-state index in [1.807, 2.05) is 6.07 Å². The second kappa shape index (κ2) is 12.7. The van der Waals surface area contributed by atoms with Gasteiger partial charge >= 0.3 is 0 Å². The summed E-state index contributed by atoms with van der Waals surface area (Å²) < 4.78 is 8.51. The van der Waals surface area contributed by atoms with Crippen LogP contribution in [-0.2, 0) is 0 Å². The van der Waals surface area contributed by atoms with Crippen LogP contribution in [0.2, 0.25) is 0 Å². The molecule has 2 aromatic heterocycles. The molecule has 4 unspecified atom stereocenters. The zero-order valence-electron chi connectivity index (χ0n) is 29.9. The standard InChI is InChI=1S/C50H40N2O/c1-32-33(2)45(26-24-39(32)37-23-28-50-44(31-37)41-18-10-12-20-49(41)53-50)51-46-25-21-35(29-42(46)34-13-5-3-6-14-34)36-22-27-48-43(30-36)40-17-9-11-19-47(40)52(48)38-15-7-4-8-16-38/h3-33,39,45,51H,1-2H3. The van der Waals surface area contributed by atoms with Gasteiger partial charge in [0, 0.05) is 50.4 Å². The second-order valence-corrected chi connectivity index (χ2v) is 14.7. The molecule has 0 bridgehead atoms. The quantitative estimate of drug-likeness (QED) is 0.177. The average Bonchev–Trinajstić information content (AvgIpc) is 3.75.